The minimum Gasteiger partial charge on any atom is -0.492 e. The standard InChI is InChI=1S/C12H17F3N4O/c1-19(2)3-4-20-10-6-8(11(16)18-17)5-9(7-10)12(13,14)15/h5-7H,3-4,17H2,1-2H3,(H2,16,18). The van der Waals surface area contributed by atoms with Crippen molar-refractivity contribution in [3.8, 4) is 5.75 Å². The second-order valence-corrected chi connectivity index (χ2v) is 4.41. The first kappa shape index (κ1) is 16.1. The van der Waals surface area contributed by atoms with Gasteiger partial charge in [0, 0.05) is 12.1 Å². The molecule has 8 heteroatoms. The molecule has 0 fully saturated rings. The number of ether oxygens (including phenoxy) is 1. The van der Waals surface area contributed by atoms with Gasteiger partial charge in [-0.1, -0.05) is 0 Å². The molecular weight excluding hydrogens is 273 g/mol. The van der Waals surface area contributed by atoms with Crippen molar-refractivity contribution in [2.75, 3.05) is 27.2 Å². The summed E-state index contributed by atoms with van der Waals surface area (Å²) in [6.45, 7) is 0.833. The van der Waals surface area contributed by atoms with Gasteiger partial charge in [-0.15, -0.1) is 0 Å². The van der Waals surface area contributed by atoms with Crippen LogP contribution in [0.15, 0.2) is 23.3 Å². The van der Waals surface area contributed by atoms with Crippen molar-refractivity contribution >= 4 is 5.84 Å². The van der Waals surface area contributed by atoms with Crippen LogP contribution in [0, 0.1) is 0 Å². The molecule has 0 unspecified atom stereocenters. The monoisotopic (exact) mass is 290 g/mol. The van der Waals surface area contributed by atoms with Gasteiger partial charge in [-0.2, -0.15) is 18.3 Å². The lowest BCUT2D eigenvalue weighted by atomic mass is 10.1. The Morgan fingerprint density at radius 3 is 2.45 bits per heavy atom. The fraction of sp³-hybridized carbons (Fsp3) is 0.417. The molecule has 0 atom stereocenters. The van der Waals surface area contributed by atoms with Gasteiger partial charge >= 0.3 is 6.18 Å². The molecule has 0 aliphatic carbocycles. The van der Waals surface area contributed by atoms with Crippen LogP contribution < -0.4 is 16.3 Å². The van der Waals surface area contributed by atoms with Gasteiger partial charge < -0.3 is 21.2 Å². The van der Waals surface area contributed by atoms with Gasteiger partial charge in [-0.25, -0.2) is 0 Å². The molecule has 0 radical (unpaired) electrons. The van der Waals surface area contributed by atoms with Crippen molar-refractivity contribution < 1.29 is 17.9 Å². The van der Waals surface area contributed by atoms with Crippen LogP contribution in [0.25, 0.3) is 0 Å². The molecule has 0 aliphatic heterocycles. The van der Waals surface area contributed by atoms with Crippen LogP contribution in [-0.4, -0.2) is 38.0 Å². The molecule has 1 rings (SSSR count). The highest BCUT2D eigenvalue weighted by atomic mass is 19.4. The second-order valence-electron chi connectivity index (χ2n) is 4.41. The van der Waals surface area contributed by atoms with Gasteiger partial charge in [0.05, 0.1) is 5.56 Å². The fourth-order valence-corrected chi connectivity index (χ4v) is 1.41. The molecule has 5 nitrogen and oxygen atoms in total. The lowest BCUT2D eigenvalue weighted by molar-refractivity contribution is -0.137. The van der Waals surface area contributed by atoms with Crippen LogP contribution >= 0.6 is 0 Å². The number of nitrogens with zero attached hydrogens (tertiary/aromatic N) is 2. The number of benzene rings is 1. The van der Waals surface area contributed by atoms with Gasteiger partial charge in [0.15, 0.2) is 0 Å². The first-order valence-corrected chi connectivity index (χ1v) is 5.77. The number of rotatable bonds is 5. The quantitative estimate of drug-likeness (QED) is 0.370. The maximum atomic E-state index is 12.8. The normalized spacial score (nSPS) is 12.8. The molecule has 112 valence electrons. The Morgan fingerprint density at radius 1 is 1.30 bits per heavy atom. The molecule has 0 saturated heterocycles. The average Bonchev–Trinajstić information content (AvgIpc) is 2.36. The fourth-order valence-electron chi connectivity index (χ4n) is 1.41. The summed E-state index contributed by atoms with van der Waals surface area (Å²) in [5, 5.41) is 3.19. The van der Waals surface area contributed by atoms with E-state index in [1.807, 2.05) is 19.0 Å². The Hall–Kier alpha value is -1.96. The number of hydrazone groups is 1. The Bertz CT molecular complexity index is 486. The molecule has 0 saturated carbocycles. The van der Waals surface area contributed by atoms with E-state index >= 15 is 0 Å². The van der Waals surface area contributed by atoms with E-state index in [9.17, 15) is 13.2 Å². The van der Waals surface area contributed by atoms with Gasteiger partial charge in [-0.05, 0) is 32.3 Å². The Balaban J connectivity index is 3.04. The molecule has 20 heavy (non-hydrogen) atoms. The van der Waals surface area contributed by atoms with E-state index in [0.717, 1.165) is 12.1 Å². The van der Waals surface area contributed by atoms with Gasteiger partial charge in [0.2, 0.25) is 0 Å². The van der Waals surface area contributed by atoms with Crippen molar-refractivity contribution in [1.29, 1.82) is 0 Å². The number of amidine groups is 1. The van der Waals surface area contributed by atoms with Crippen LogP contribution in [0.2, 0.25) is 0 Å². The maximum Gasteiger partial charge on any atom is 0.416 e. The second kappa shape index (κ2) is 6.47. The van der Waals surface area contributed by atoms with E-state index in [1.54, 1.807) is 0 Å². The maximum absolute atomic E-state index is 12.8. The Labute approximate surface area is 115 Å². The smallest absolute Gasteiger partial charge is 0.416 e. The first-order valence-electron chi connectivity index (χ1n) is 5.77. The van der Waals surface area contributed by atoms with Crippen LogP contribution in [0.3, 0.4) is 0 Å². The summed E-state index contributed by atoms with van der Waals surface area (Å²) in [6, 6.07) is 3.17. The molecule has 1 aromatic rings. The minimum atomic E-state index is -4.50. The van der Waals surface area contributed by atoms with Crippen LogP contribution in [-0.2, 0) is 6.18 Å². The molecule has 4 N–H and O–H groups in total. The van der Waals surface area contributed by atoms with Crippen molar-refractivity contribution in [2.24, 2.45) is 16.7 Å². The van der Waals surface area contributed by atoms with Gasteiger partial charge in [0.25, 0.3) is 0 Å². The third kappa shape index (κ3) is 4.61. The third-order valence-electron chi connectivity index (χ3n) is 2.48. The lowest BCUT2D eigenvalue weighted by Crippen LogP contribution is -2.20. The Morgan fingerprint density at radius 2 is 1.95 bits per heavy atom. The summed E-state index contributed by atoms with van der Waals surface area (Å²) in [7, 11) is 3.67. The predicted octanol–water partition coefficient (Wildman–Crippen LogP) is 1.22. The lowest BCUT2D eigenvalue weighted by Gasteiger charge is -2.14. The first-order chi connectivity index (χ1) is 9.24. The topological polar surface area (TPSA) is 76.9 Å². The summed E-state index contributed by atoms with van der Waals surface area (Å²) in [6.07, 6.45) is -4.50. The summed E-state index contributed by atoms with van der Waals surface area (Å²) < 4.78 is 43.7. The van der Waals surface area contributed by atoms with E-state index in [4.69, 9.17) is 16.3 Å². The molecule has 0 bridgehead atoms. The van der Waals surface area contributed by atoms with E-state index in [0.29, 0.717) is 6.54 Å². The number of hydrogen-bond donors (Lipinski definition) is 2. The predicted molar refractivity (Wildman–Crippen MR) is 70.4 cm³/mol. The van der Waals surface area contributed by atoms with Crippen LogP contribution in [0.4, 0.5) is 13.2 Å². The average molecular weight is 290 g/mol. The molecule has 0 spiro atoms. The molecule has 0 amide bonds. The summed E-state index contributed by atoms with van der Waals surface area (Å²) in [4.78, 5) is 1.85. The number of hydrogen-bond acceptors (Lipinski definition) is 4. The largest absolute Gasteiger partial charge is 0.492 e. The van der Waals surface area contributed by atoms with Crippen molar-refractivity contribution in [2.45, 2.75) is 6.18 Å². The molecule has 0 aromatic heterocycles. The number of alkyl halides is 3. The zero-order chi connectivity index (χ0) is 15.3. The van der Waals surface area contributed by atoms with Crippen molar-refractivity contribution in [1.82, 2.24) is 4.90 Å². The van der Waals surface area contributed by atoms with E-state index < -0.39 is 11.7 Å². The van der Waals surface area contributed by atoms with Crippen LogP contribution in [0.1, 0.15) is 11.1 Å². The van der Waals surface area contributed by atoms with Gasteiger partial charge in [0.1, 0.15) is 18.2 Å². The van der Waals surface area contributed by atoms with Gasteiger partial charge in [-0.3, -0.25) is 0 Å². The summed E-state index contributed by atoms with van der Waals surface area (Å²) in [5.74, 6) is 4.87. The minimum absolute atomic E-state index is 0.0715. The number of halogens is 3. The highest BCUT2D eigenvalue weighted by Gasteiger charge is 2.31. The third-order valence-corrected chi connectivity index (χ3v) is 2.48. The van der Waals surface area contributed by atoms with Crippen molar-refractivity contribution in [3.05, 3.63) is 29.3 Å². The van der Waals surface area contributed by atoms with Crippen LogP contribution in [0.5, 0.6) is 5.75 Å². The SMILES string of the molecule is CN(C)CCOc1cc(/C(N)=N/N)cc(C(F)(F)F)c1. The Kier molecular flexibility index (Phi) is 5.20. The highest BCUT2D eigenvalue weighted by molar-refractivity contribution is 5.97. The zero-order valence-corrected chi connectivity index (χ0v) is 11.2. The van der Waals surface area contributed by atoms with E-state index in [-0.39, 0.29) is 23.8 Å². The zero-order valence-electron chi connectivity index (χ0n) is 11.2. The number of likely N-dealkylation sites (N-methyl/N-ethyl adjacent to an activating group) is 1. The molecule has 0 aliphatic rings. The summed E-state index contributed by atoms with van der Waals surface area (Å²) >= 11 is 0. The van der Waals surface area contributed by atoms with E-state index in [2.05, 4.69) is 5.10 Å². The highest BCUT2D eigenvalue weighted by Crippen LogP contribution is 2.32. The molecule has 0 heterocycles. The summed E-state index contributed by atoms with van der Waals surface area (Å²) in [5.41, 5.74) is 4.66. The molecule has 1 aromatic carbocycles. The molecular formula is C12H17F3N4O. The number of nitrogens with two attached hydrogens (primary N) is 2. The van der Waals surface area contributed by atoms with Crippen molar-refractivity contribution in [3.63, 3.8) is 0 Å². The van der Waals surface area contributed by atoms with E-state index in [1.165, 1.54) is 6.07 Å².